The lowest BCUT2D eigenvalue weighted by molar-refractivity contribution is 0.310. The lowest BCUT2D eigenvalue weighted by Crippen LogP contribution is -2.14. The van der Waals surface area contributed by atoms with Crippen molar-refractivity contribution in [2.75, 3.05) is 0 Å². The maximum Gasteiger partial charge on any atom is 0.145 e. The summed E-state index contributed by atoms with van der Waals surface area (Å²) in [7, 11) is 0. The first-order chi connectivity index (χ1) is 16.3. The summed E-state index contributed by atoms with van der Waals surface area (Å²) in [6.45, 7) is 2.10. The molecule has 3 aromatic carbocycles. The number of benzene rings is 3. The van der Waals surface area contributed by atoms with Crippen molar-refractivity contribution in [3.8, 4) is 0 Å². The van der Waals surface area contributed by atoms with E-state index in [1.165, 1.54) is 23.3 Å². The zero-order chi connectivity index (χ0) is 24.2. The van der Waals surface area contributed by atoms with Crippen LogP contribution in [0.3, 0.4) is 0 Å². The molecule has 0 unspecified atom stereocenters. The van der Waals surface area contributed by atoms with E-state index in [1.54, 1.807) is 0 Å². The fraction of sp³-hybridized carbons (Fsp3) is 0.379. The van der Waals surface area contributed by atoms with Crippen molar-refractivity contribution in [1.29, 1.82) is 0 Å². The van der Waals surface area contributed by atoms with Gasteiger partial charge in [0.15, 0.2) is 0 Å². The van der Waals surface area contributed by atoms with Gasteiger partial charge in [-0.3, -0.25) is 0 Å². The van der Waals surface area contributed by atoms with E-state index < -0.39 is 28.3 Å². The maximum atomic E-state index is 14.7. The third kappa shape index (κ3) is 6.02. The van der Waals surface area contributed by atoms with E-state index in [1.807, 2.05) is 0 Å². The van der Waals surface area contributed by atoms with Crippen LogP contribution in [0, 0.1) is 36.1 Å². The Hall–Kier alpha value is -2.33. The highest BCUT2D eigenvalue weighted by Gasteiger charge is 2.22. The molecule has 1 saturated carbocycles. The molecule has 1 fully saturated rings. The Balaban J connectivity index is 1.30. The first kappa shape index (κ1) is 24.8. The average molecular weight is 489 g/mol. The highest BCUT2D eigenvalue weighted by atomic mass is 35.5. The van der Waals surface area contributed by atoms with Gasteiger partial charge < -0.3 is 0 Å². The van der Waals surface area contributed by atoms with Gasteiger partial charge in [-0.25, -0.2) is 17.6 Å². The Bertz CT molecular complexity index is 1090. The first-order valence-electron chi connectivity index (χ1n) is 12.0. The summed E-state index contributed by atoms with van der Waals surface area (Å²) in [6, 6.07) is 13.8. The number of halogens is 5. The van der Waals surface area contributed by atoms with Crippen molar-refractivity contribution in [2.45, 2.75) is 64.2 Å². The van der Waals surface area contributed by atoms with Crippen LogP contribution in [-0.2, 0) is 19.3 Å². The minimum atomic E-state index is -0.874. The van der Waals surface area contributed by atoms with Gasteiger partial charge in [-0.15, -0.1) is 0 Å². The molecule has 5 heteroatoms. The van der Waals surface area contributed by atoms with E-state index in [9.17, 15) is 17.6 Å². The Morgan fingerprint density at radius 2 is 1.24 bits per heavy atom. The van der Waals surface area contributed by atoms with Gasteiger partial charge in [0.1, 0.15) is 28.3 Å². The molecule has 0 spiro atoms. The molecule has 0 nitrogen and oxygen atoms in total. The van der Waals surface area contributed by atoms with Crippen LogP contribution in [0.5, 0.6) is 0 Å². The second-order valence-electron chi connectivity index (χ2n) is 9.58. The van der Waals surface area contributed by atoms with Gasteiger partial charge in [0.25, 0.3) is 0 Å². The first-order valence-corrected chi connectivity index (χ1v) is 12.3. The van der Waals surface area contributed by atoms with E-state index in [2.05, 4.69) is 31.2 Å². The van der Waals surface area contributed by atoms with Crippen molar-refractivity contribution >= 4 is 11.6 Å². The van der Waals surface area contributed by atoms with Gasteiger partial charge in [-0.1, -0.05) is 41.4 Å². The van der Waals surface area contributed by atoms with Crippen LogP contribution < -0.4 is 0 Å². The minimum Gasteiger partial charge on any atom is -0.207 e. The van der Waals surface area contributed by atoms with E-state index in [-0.39, 0.29) is 18.4 Å². The normalized spacial score (nSPS) is 18.3. The van der Waals surface area contributed by atoms with Crippen LogP contribution in [0.4, 0.5) is 17.6 Å². The summed E-state index contributed by atoms with van der Waals surface area (Å²) in [5, 5.41) is -0.575. The number of hydrogen-bond acceptors (Lipinski definition) is 0. The van der Waals surface area contributed by atoms with Crippen LogP contribution in [0.1, 0.15) is 65.8 Å². The molecule has 0 aliphatic heterocycles. The molecule has 0 N–H and O–H groups in total. The van der Waals surface area contributed by atoms with Crippen molar-refractivity contribution in [2.24, 2.45) is 5.92 Å². The van der Waals surface area contributed by atoms with E-state index in [0.717, 1.165) is 44.2 Å². The highest BCUT2D eigenvalue weighted by molar-refractivity contribution is 6.30. The van der Waals surface area contributed by atoms with Crippen LogP contribution in [0.15, 0.2) is 48.5 Å². The smallest absolute Gasteiger partial charge is 0.145 e. The van der Waals surface area contributed by atoms with Gasteiger partial charge in [0, 0.05) is 5.56 Å². The molecule has 34 heavy (non-hydrogen) atoms. The van der Waals surface area contributed by atoms with Crippen molar-refractivity contribution in [1.82, 2.24) is 0 Å². The molecule has 0 heterocycles. The second kappa shape index (κ2) is 10.9. The Kier molecular flexibility index (Phi) is 7.98. The lowest BCUT2D eigenvalue weighted by Gasteiger charge is -2.29. The summed E-state index contributed by atoms with van der Waals surface area (Å²) < 4.78 is 56.6. The Morgan fingerprint density at radius 1 is 0.706 bits per heavy atom. The quantitative estimate of drug-likeness (QED) is 0.230. The molecule has 1 aliphatic rings. The SMILES string of the molecule is Cc1ccc(C2CCC(CCc3cc(F)c(CCc4cc(F)c(Cl)c(F)c4)c(F)c3)CC2)cc1. The molecule has 3 aromatic rings. The van der Waals surface area contributed by atoms with E-state index in [4.69, 9.17) is 11.6 Å². The fourth-order valence-electron chi connectivity index (χ4n) is 5.05. The number of rotatable bonds is 7. The van der Waals surface area contributed by atoms with Crippen LogP contribution in [0.25, 0.3) is 0 Å². The number of hydrogen-bond donors (Lipinski definition) is 0. The highest BCUT2D eigenvalue weighted by Crippen LogP contribution is 2.37. The summed E-state index contributed by atoms with van der Waals surface area (Å²) >= 11 is 5.49. The Labute approximate surface area is 204 Å². The molecule has 0 saturated heterocycles. The topological polar surface area (TPSA) is 0 Å². The van der Waals surface area contributed by atoms with Gasteiger partial charge in [0.05, 0.1) is 0 Å². The van der Waals surface area contributed by atoms with Crippen LogP contribution >= 0.6 is 11.6 Å². The van der Waals surface area contributed by atoms with Crippen molar-refractivity contribution in [3.63, 3.8) is 0 Å². The van der Waals surface area contributed by atoms with Gasteiger partial charge in [0.2, 0.25) is 0 Å². The zero-order valence-electron chi connectivity index (χ0n) is 19.3. The molecule has 0 amide bonds. The minimum absolute atomic E-state index is 0.0154. The van der Waals surface area contributed by atoms with Crippen LogP contribution in [-0.4, -0.2) is 0 Å². The Morgan fingerprint density at radius 3 is 1.82 bits per heavy atom. The largest absolute Gasteiger partial charge is 0.207 e. The third-order valence-corrected chi connectivity index (χ3v) is 7.51. The van der Waals surface area contributed by atoms with E-state index >= 15 is 0 Å². The molecular weight excluding hydrogens is 460 g/mol. The zero-order valence-corrected chi connectivity index (χ0v) is 20.1. The average Bonchev–Trinajstić information content (AvgIpc) is 2.81. The third-order valence-electron chi connectivity index (χ3n) is 7.14. The molecule has 0 radical (unpaired) electrons. The summed E-state index contributed by atoms with van der Waals surface area (Å²) in [6.07, 6.45) is 6.27. The van der Waals surface area contributed by atoms with Crippen LogP contribution in [0.2, 0.25) is 5.02 Å². The molecule has 180 valence electrons. The van der Waals surface area contributed by atoms with Gasteiger partial charge in [-0.05, 0) is 111 Å². The molecule has 4 rings (SSSR count). The standard InChI is InChI=1S/C29H29ClF4/c1-18-2-9-22(10-3-18)23-11-6-19(7-12-23)4-5-20-14-25(31)24(26(32)15-20)13-8-21-16-27(33)29(30)28(34)17-21/h2-3,9-10,14-17,19,23H,4-8,11-13H2,1H3. The van der Waals surface area contributed by atoms with Crippen molar-refractivity contribution < 1.29 is 17.6 Å². The predicted octanol–water partition coefficient (Wildman–Crippen LogP) is 8.90. The molecule has 0 atom stereocenters. The maximum absolute atomic E-state index is 14.7. The summed E-state index contributed by atoms with van der Waals surface area (Å²) in [4.78, 5) is 0. The second-order valence-corrected chi connectivity index (χ2v) is 9.96. The molecular formula is C29H29ClF4. The lowest BCUT2D eigenvalue weighted by atomic mass is 9.77. The van der Waals surface area contributed by atoms with Crippen molar-refractivity contribution in [3.05, 3.63) is 105 Å². The van der Waals surface area contributed by atoms with E-state index in [0.29, 0.717) is 29.4 Å². The predicted molar refractivity (Wildman–Crippen MR) is 129 cm³/mol. The monoisotopic (exact) mass is 488 g/mol. The summed E-state index contributed by atoms with van der Waals surface area (Å²) in [5.74, 6) is -1.78. The van der Waals surface area contributed by atoms with Gasteiger partial charge in [-0.2, -0.15) is 0 Å². The molecule has 0 aromatic heterocycles. The fourth-order valence-corrected chi connectivity index (χ4v) is 5.16. The number of aryl methyl sites for hydroxylation is 3. The molecule has 1 aliphatic carbocycles. The summed E-state index contributed by atoms with van der Waals surface area (Å²) in [5.41, 5.74) is 3.59. The molecule has 0 bridgehead atoms. The van der Waals surface area contributed by atoms with Gasteiger partial charge >= 0.3 is 0 Å².